The Morgan fingerprint density at radius 3 is 2.58 bits per heavy atom. The Morgan fingerprint density at radius 2 is 1.83 bits per heavy atom. The molecular formula is C19H17IN2O2. The third kappa shape index (κ3) is 3.51. The number of amides is 2. The van der Waals surface area contributed by atoms with Gasteiger partial charge >= 0.3 is 0 Å². The van der Waals surface area contributed by atoms with Crippen molar-refractivity contribution in [2.45, 2.75) is 19.4 Å². The van der Waals surface area contributed by atoms with Gasteiger partial charge in [-0.1, -0.05) is 36.4 Å². The third-order valence-corrected chi connectivity index (χ3v) is 4.94. The number of hydrogen-bond acceptors (Lipinski definition) is 2. The highest BCUT2D eigenvalue weighted by Crippen LogP contribution is 2.33. The number of carbonyl (C=O) groups is 2. The number of para-hydroxylation sites is 1. The van der Waals surface area contributed by atoms with Gasteiger partial charge in [0.2, 0.25) is 11.8 Å². The molecule has 1 atom stereocenters. The highest BCUT2D eigenvalue weighted by molar-refractivity contribution is 14.1. The number of carbonyl (C=O) groups excluding carboxylic acids is 2. The summed E-state index contributed by atoms with van der Waals surface area (Å²) in [6, 6.07) is 15.2. The molecule has 3 rings (SSSR count). The van der Waals surface area contributed by atoms with Gasteiger partial charge < -0.3 is 10.2 Å². The first-order chi connectivity index (χ1) is 11.6. The quantitative estimate of drug-likeness (QED) is 0.740. The first kappa shape index (κ1) is 16.7. The topological polar surface area (TPSA) is 49.4 Å². The fraction of sp³-hybridized carbons (Fsp3) is 0.158. The number of hydrogen-bond donors (Lipinski definition) is 1. The van der Waals surface area contributed by atoms with E-state index in [0.29, 0.717) is 0 Å². The number of anilines is 1. The summed E-state index contributed by atoms with van der Waals surface area (Å²) >= 11 is 2.19. The maximum atomic E-state index is 12.5. The second-order valence-corrected chi connectivity index (χ2v) is 6.78. The summed E-state index contributed by atoms with van der Waals surface area (Å²) in [5, 5.41) is 2.94. The maximum absolute atomic E-state index is 12.5. The first-order valence-corrected chi connectivity index (χ1v) is 8.74. The molecule has 5 heteroatoms. The van der Waals surface area contributed by atoms with E-state index in [2.05, 4.69) is 27.9 Å². The number of fused-ring (bicyclic) bond motifs is 1. The molecule has 1 aliphatic heterocycles. The van der Waals surface area contributed by atoms with E-state index < -0.39 is 0 Å². The molecule has 0 saturated heterocycles. The van der Waals surface area contributed by atoms with Crippen LogP contribution in [0, 0.1) is 3.57 Å². The zero-order valence-corrected chi connectivity index (χ0v) is 15.4. The summed E-state index contributed by atoms with van der Waals surface area (Å²) in [5.41, 5.74) is 2.83. The molecular weight excluding hydrogens is 415 g/mol. The number of nitrogens with one attached hydrogen (secondary N) is 1. The third-order valence-electron chi connectivity index (χ3n) is 4.00. The van der Waals surface area contributed by atoms with Crippen molar-refractivity contribution in [1.29, 1.82) is 0 Å². The minimum Gasteiger partial charge on any atom is -0.325 e. The Hall–Kier alpha value is -2.15. The SMILES string of the molecule is CC(=O)N1C=Cc2ccccc2C1CC(=O)Nc1ccccc1I. The number of nitrogens with zero attached hydrogens (tertiary/aromatic N) is 1. The average Bonchev–Trinajstić information content (AvgIpc) is 2.57. The Labute approximate surface area is 154 Å². The Morgan fingerprint density at radius 1 is 1.12 bits per heavy atom. The molecule has 0 aliphatic carbocycles. The number of benzene rings is 2. The van der Waals surface area contributed by atoms with Crippen molar-refractivity contribution in [2.75, 3.05) is 5.32 Å². The molecule has 0 saturated carbocycles. The van der Waals surface area contributed by atoms with Crippen molar-refractivity contribution in [3.8, 4) is 0 Å². The van der Waals surface area contributed by atoms with Crippen molar-refractivity contribution >= 4 is 46.2 Å². The van der Waals surface area contributed by atoms with Gasteiger partial charge in [-0.2, -0.15) is 0 Å². The molecule has 0 spiro atoms. The average molecular weight is 432 g/mol. The van der Waals surface area contributed by atoms with E-state index in [1.165, 1.54) is 6.92 Å². The lowest BCUT2D eigenvalue weighted by Gasteiger charge is -2.32. The summed E-state index contributed by atoms with van der Waals surface area (Å²) in [5.74, 6) is -0.187. The molecule has 122 valence electrons. The summed E-state index contributed by atoms with van der Waals surface area (Å²) in [7, 11) is 0. The van der Waals surface area contributed by atoms with Crippen LogP contribution in [0.3, 0.4) is 0 Å². The van der Waals surface area contributed by atoms with Crippen molar-refractivity contribution in [3.63, 3.8) is 0 Å². The summed E-state index contributed by atoms with van der Waals surface area (Å²) in [6.07, 6.45) is 3.88. The molecule has 2 aromatic rings. The maximum Gasteiger partial charge on any atom is 0.226 e. The molecule has 2 aromatic carbocycles. The molecule has 0 aromatic heterocycles. The molecule has 0 radical (unpaired) electrons. The van der Waals surface area contributed by atoms with E-state index in [9.17, 15) is 9.59 Å². The zero-order valence-electron chi connectivity index (χ0n) is 13.2. The van der Waals surface area contributed by atoms with Crippen LogP contribution < -0.4 is 5.32 Å². The summed E-state index contributed by atoms with van der Waals surface area (Å²) in [4.78, 5) is 26.1. The molecule has 1 N–H and O–H groups in total. The smallest absolute Gasteiger partial charge is 0.226 e. The van der Waals surface area contributed by atoms with Gasteiger partial charge in [0.25, 0.3) is 0 Å². The largest absolute Gasteiger partial charge is 0.325 e. The lowest BCUT2D eigenvalue weighted by molar-refractivity contribution is -0.129. The van der Waals surface area contributed by atoms with Gasteiger partial charge in [0.05, 0.1) is 18.2 Å². The lowest BCUT2D eigenvalue weighted by Crippen LogP contribution is -2.33. The van der Waals surface area contributed by atoms with Crippen molar-refractivity contribution in [1.82, 2.24) is 4.90 Å². The highest BCUT2D eigenvalue weighted by atomic mass is 127. The van der Waals surface area contributed by atoms with Crippen molar-refractivity contribution in [2.24, 2.45) is 0 Å². The van der Waals surface area contributed by atoms with Gasteiger partial charge in [-0.15, -0.1) is 0 Å². The molecule has 24 heavy (non-hydrogen) atoms. The van der Waals surface area contributed by atoms with Gasteiger partial charge in [-0.25, -0.2) is 0 Å². The van der Waals surface area contributed by atoms with Gasteiger partial charge in [0.1, 0.15) is 0 Å². The molecule has 1 unspecified atom stereocenters. The van der Waals surface area contributed by atoms with E-state index in [0.717, 1.165) is 20.4 Å². The van der Waals surface area contributed by atoms with Crippen LogP contribution in [-0.2, 0) is 9.59 Å². The number of halogens is 1. The van der Waals surface area contributed by atoms with E-state index in [4.69, 9.17) is 0 Å². The van der Waals surface area contributed by atoms with Crippen LogP contribution in [0.5, 0.6) is 0 Å². The monoisotopic (exact) mass is 432 g/mol. The molecule has 0 fully saturated rings. The summed E-state index contributed by atoms with van der Waals surface area (Å²) < 4.78 is 0.982. The highest BCUT2D eigenvalue weighted by Gasteiger charge is 2.28. The van der Waals surface area contributed by atoms with Crippen LogP contribution in [0.1, 0.15) is 30.5 Å². The fourth-order valence-corrected chi connectivity index (χ4v) is 3.37. The van der Waals surface area contributed by atoms with Crippen LogP contribution in [0.25, 0.3) is 6.08 Å². The minimum atomic E-state index is -0.287. The van der Waals surface area contributed by atoms with E-state index >= 15 is 0 Å². The van der Waals surface area contributed by atoms with E-state index in [1.807, 2.05) is 54.6 Å². The summed E-state index contributed by atoms with van der Waals surface area (Å²) in [6.45, 7) is 1.52. The standard InChI is InChI=1S/C19H17IN2O2/c1-13(23)22-11-10-14-6-2-3-7-15(14)18(22)12-19(24)21-17-9-5-4-8-16(17)20/h2-11,18H,12H2,1H3,(H,21,24). The lowest BCUT2D eigenvalue weighted by atomic mass is 9.93. The normalized spacial score (nSPS) is 15.8. The van der Waals surface area contributed by atoms with Gasteiger partial charge in [0, 0.05) is 16.7 Å². The second-order valence-electron chi connectivity index (χ2n) is 5.62. The van der Waals surface area contributed by atoms with E-state index in [1.54, 1.807) is 11.1 Å². The van der Waals surface area contributed by atoms with Gasteiger partial charge in [0.15, 0.2) is 0 Å². The first-order valence-electron chi connectivity index (χ1n) is 7.66. The molecule has 0 bridgehead atoms. The second kappa shape index (κ2) is 7.17. The molecule has 4 nitrogen and oxygen atoms in total. The predicted molar refractivity (Wildman–Crippen MR) is 103 cm³/mol. The van der Waals surface area contributed by atoms with Crippen LogP contribution in [0.15, 0.2) is 54.7 Å². The minimum absolute atomic E-state index is 0.0761. The van der Waals surface area contributed by atoms with Crippen LogP contribution in [-0.4, -0.2) is 16.7 Å². The van der Waals surface area contributed by atoms with Crippen LogP contribution in [0.4, 0.5) is 5.69 Å². The molecule has 1 heterocycles. The van der Waals surface area contributed by atoms with Crippen LogP contribution >= 0.6 is 22.6 Å². The van der Waals surface area contributed by atoms with Gasteiger partial charge in [-0.05, 0) is 51.9 Å². The van der Waals surface area contributed by atoms with Gasteiger partial charge in [-0.3, -0.25) is 9.59 Å². The Bertz CT molecular complexity index is 817. The Kier molecular flexibility index (Phi) is 4.99. The zero-order chi connectivity index (χ0) is 17.1. The predicted octanol–water partition coefficient (Wildman–Crippen LogP) is 4.19. The fourth-order valence-electron chi connectivity index (χ4n) is 2.85. The van der Waals surface area contributed by atoms with Crippen molar-refractivity contribution in [3.05, 3.63) is 69.4 Å². The number of rotatable bonds is 3. The van der Waals surface area contributed by atoms with Crippen LogP contribution in [0.2, 0.25) is 0 Å². The molecule has 1 aliphatic rings. The van der Waals surface area contributed by atoms with E-state index in [-0.39, 0.29) is 24.3 Å². The molecule has 2 amide bonds. The Balaban J connectivity index is 1.83. The van der Waals surface area contributed by atoms with Crippen molar-refractivity contribution < 1.29 is 9.59 Å².